The second-order valence-corrected chi connectivity index (χ2v) is 3.99. The molecule has 8 heteroatoms. The molecule has 3 aromatic heterocycles. The molecule has 3 heterocycles. The van der Waals surface area contributed by atoms with Gasteiger partial charge in [0.15, 0.2) is 0 Å². The standard InChI is InChI=1S/C7H7N7S/c1-13-4(2-3-9-13)5-10-11-7-14(5)12-6(8)15-7/h2-3H,1H3,(H2,8,12). The van der Waals surface area contributed by atoms with Gasteiger partial charge in [-0.15, -0.1) is 15.3 Å². The highest BCUT2D eigenvalue weighted by Gasteiger charge is 2.14. The van der Waals surface area contributed by atoms with Gasteiger partial charge in [0, 0.05) is 13.2 Å². The lowest BCUT2D eigenvalue weighted by atomic mass is 10.4. The Balaban J connectivity index is 2.31. The van der Waals surface area contributed by atoms with E-state index >= 15 is 0 Å². The van der Waals surface area contributed by atoms with Crippen molar-refractivity contribution in [2.45, 2.75) is 0 Å². The lowest BCUT2D eigenvalue weighted by molar-refractivity contribution is 0.765. The third-order valence-electron chi connectivity index (χ3n) is 2.06. The van der Waals surface area contributed by atoms with Crippen LogP contribution in [0, 0.1) is 0 Å². The third-order valence-corrected chi connectivity index (χ3v) is 2.78. The monoisotopic (exact) mass is 221 g/mol. The van der Waals surface area contributed by atoms with Crippen molar-refractivity contribution in [2.75, 3.05) is 5.73 Å². The fraction of sp³-hybridized carbons (Fsp3) is 0.143. The molecular weight excluding hydrogens is 214 g/mol. The molecule has 0 amide bonds. The van der Waals surface area contributed by atoms with Gasteiger partial charge in [-0.1, -0.05) is 11.3 Å². The van der Waals surface area contributed by atoms with Gasteiger partial charge >= 0.3 is 0 Å². The van der Waals surface area contributed by atoms with Crippen LogP contribution in [0.3, 0.4) is 0 Å². The Labute approximate surface area is 88.2 Å². The van der Waals surface area contributed by atoms with E-state index in [1.807, 2.05) is 13.1 Å². The van der Waals surface area contributed by atoms with E-state index < -0.39 is 0 Å². The second kappa shape index (κ2) is 2.76. The molecule has 0 bridgehead atoms. The normalized spacial score (nSPS) is 11.3. The molecule has 0 aliphatic rings. The molecule has 0 unspecified atom stereocenters. The molecule has 0 atom stereocenters. The lowest BCUT2D eigenvalue weighted by Crippen LogP contribution is -1.98. The van der Waals surface area contributed by atoms with E-state index in [4.69, 9.17) is 5.73 Å². The average Bonchev–Trinajstić information content (AvgIpc) is 2.81. The maximum atomic E-state index is 5.59. The van der Waals surface area contributed by atoms with Crippen LogP contribution in [0.25, 0.3) is 16.5 Å². The first-order valence-electron chi connectivity index (χ1n) is 4.22. The third kappa shape index (κ3) is 1.11. The Morgan fingerprint density at radius 2 is 2.27 bits per heavy atom. The van der Waals surface area contributed by atoms with Gasteiger partial charge in [0.2, 0.25) is 15.9 Å². The maximum Gasteiger partial charge on any atom is 0.236 e. The van der Waals surface area contributed by atoms with Crippen molar-refractivity contribution in [1.82, 2.24) is 29.6 Å². The number of nitrogen functional groups attached to an aromatic ring is 1. The molecule has 3 rings (SSSR count). The van der Waals surface area contributed by atoms with Crippen molar-refractivity contribution in [1.29, 1.82) is 0 Å². The lowest BCUT2D eigenvalue weighted by Gasteiger charge is -1.96. The zero-order chi connectivity index (χ0) is 10.4. The topological polar surface area (TPSA) is 86.9 Å². The van der Waals surface area contributed by atoms with E-state index in [0.717, 1.165) is 5.69 Å². The highest BCUT2D eigenvalue weighted by Crippen LogP contribution is 2.21. The van der Waals surface area contributed by atoms with Crippen LogP contribution in [0.15, 0.2) is 12.3 Å². The molecule has 0 aromatic carbocycles. The highest BCUT2D eigenvalue weighted by atomic mass is 32.1. The SMILES string of the molecule is Cn1nccc1-c1nnc2sc(N)nn12. The Hall–Kier alpha value is -1.96. The van der Waals surface area contributed by atoms with Crippen LogP contribution in [0.2, 0.25) is 0 Å². The minimum Gasteiger partial charge on any atom is -0.374 e. The second-order valence-electron chi connectivity index (χ2n) is 3.00. The van der Waals surface area contributed by atoms with E-state index in [2.05, 4.69) is 20.4 Å². The summed E-state index contributed by atoms with van der Waals surface area (Å²) in [6.07, 6.45) is 1.70. The molecule has 15 heavy (non-hydrogen) atoms. The summed E-state index contributed by atoms with van der Waals surface area (Å²) in [5.74, 6) is 0.651. The first-order valence-corrected chi connectivity index (χ1v) is 5.03. The van der Waals surface area contributed by atoms with Crippen LogP contribution in [0.5, 0.6) is 0 Å². The number of rotatable bonds is 1. The molecule has 0 saturated heterocycles. The Morgan fingerprint density at radius 3 is 3.00 bits per heavy atom. The number of aromatic nitrogens is 6. The van der Waals surface area contributed by atoms with Crippen LogP contribution >= 0.6 is 11.3 Å². The Kier molecular flexibility index (Phi) is 1.54. The first-order chi connectivity index (χ1) is 7.25. The Bertz CT molecular complexity index is 618. The molecule has 0 saturated carbocycles. The maximum absolute atomic E-state index is 5.59. The van der Waals surface area contributed by atoms with E-state index in [9.17, 15) is 0 Å². The summed E-state index contributed by atoms with van der Waals surface area (Å²) in [7, 11) is 1.84. The average molecular weight is 221 g/mol. The minimum absolute atomic E-state index is 0.475. The zero-order valence-electron chi connectivity index (χ0n) is 7.82. The molecule has 0 fully saturated rings. The zero-order valence-corrected chi connectivity index (χ0v) is 8.64. The number of hydrogen-bond acceptors (Lipinski definition) is 6. The Morgan fingerprint density at radius 1 is 1.40 bits per heavy atom. The van der Waals surface area contributed by atoms with Crippen LogP contribution in [-0.4, -0.2) is 29.6 Å². The number of nitrogens with two attached hydrogens (primary N) is 1. The molecule has 76 valence electrons. The minimum atomic E-state index is 0.475. The quantitative estimate of drug-likeness (QED) is 0.633. The van der Waals surface area contributed by atoms with Crippen LogP contribution in [-0.2, 0) is 7.05 Å². The van der Waals surface area contributed by atoms with Gasteiger partial charge in [-0.2, -0.15) is 9.61 Å². The summed E-state index contributed by atoms with van der Waals surface area (Å²) in [5.41, 5.74) is 6.45. The number of hydrogen-bond donors (Lipinski definition) is 1. The predicted molar refractivity (Wildman–Crippen MR) is 55.3 cm³/mol. The molecule has 0 radical (unpaired) electrons. The summed E-state index contributed by atoms with van der Waals surface area (Å²) in [5, 5.41) is 16.7. The van der Waals surface area contributed by atoms with Gasteiger partial charge in [0.1, 0.15) is 5.69 Å². The number of aryl methyl sites for hydroxylation is 1. The van der Waals surface area contributed by atoms with E-state index in [0.29, 0.717) is 15.9 Å². The summed E-state index contributed by atoms with van der Waals surface area (Å²) in [6.45, 7) is 0. The van der Waals surface area contributed by atoms with Crippen LogP contribution in [0.1, 0.15) is 0 Å². The molecule has 0 aliphatic carbocycles. The molecule has 3 aromatic rings. The van der Waals surface area contributed by atoms with Crippen molar-refractivity contribution >= 4 is 21.4 Å². The molecule has 7 nitrogen and oxygen atoms in total. The smallest absolute Gasteiger partial charge is 0.236 e. The number of fused-ring (bicyclic) bond motifs is 1. The summed E-state index contributed by atoms with van der Waals surface area (Å²) >= 11 is 1.30. The number of nitrogens with zero attached hydrogens (tertiary/aromatic N) is 6. The largest absolute Gasteiger partial charge is 0.374 e. The summed E-state index contributed by atoms with van der Waals surface area (Å²) in [6, 6.07) is 1.85. The van der Waals surface area contributed by atoms with Gasteiger partial charge in [-0.25, -0.2) is 0 Å². The molecule has 0 aliphatic heterocycles. The van der Waals surface area contributed by atoms with Crippen molar-refractivity contribution in [3.8, 4) is 11.5 Å². The van der Waals surface area contributed by atoms with Gasteiger partial charge in [0.05, 0.1) is 0 Å². The number of anilines is 1. The van der Waals surface area contributed by atoms with Crippen molar-refractivity contribution in [2.24, 2.45) is 7.05 Å². The fourth-order valence-corrected chi connectivity index (χ4v) is 1.99. The predicted octanol–water partition coefficient (Wildman–Crippen LogP) is 0.168. The van der Waals surface area contributed by atoms with Gasteiger partial charge in [0.25, 0.3) is 0 Å². The van der Waals surface area contributed by atoms with Crippen molar-refractivity contribution in [3.05, 3.63) is 12.3 Å². The fourth-order valence-electron chi connectivity index (χ4n) is 1.38. The van der Waals surface area contributed by atoms with Crippen molar-refractivity contribution in [3.63, 3.8) is 0 Å². The highest BCUT2D eigenvalue weighted by molar-refractivity contribution is 7.20. The van der Waals surface area contributed by atoms with E-state index in [-0.39, 0.29) is 0 Å². The van der Waals surface area contributed by atoms with Gasteiger partial charge in [-0.3, -0.25) is 4.68 Å². The van der Waals surface area contributed by atoms with E-state index in [1.165, 1.54) is 11.3 Å². The van der Waals surface area contributed by atoms with Gasteiger partial charge in [-0.05, 0) is 6.07 Å². The van der Waals surface area contributed by atoms with Crippen LogP contribution in [0.4, 0.5) is 5.13 Å². The summed E-state index contributed by atoms with van der Waals surface area (Å²) < 4.78 is 3.34. The first kappa shape index (κ1) is 8.36. The van der Waals surface area contributed by atoms with Gasteiger partial charge < -0.3 is 5.73 Å². The summed E-state index contributed by atoms with van der Waals surface area (Å²) in [4.78, 5) is 0.684. The molecule has 0 spiro atoms. The van der Waals surface area contributed by atoms with Crippen LogP contribution < -0.4 is 5.73 Å². The van der Waals surface area contributed by atoms with E-state index in [1.54, 1.807) is 15.4 Å². The molecule has 2 N–H and O–H groups in total. The molecular formula is C7H7N7S. The van der Waals surface area contributed by atoms with Crippen molar-refractivity contribution < 1.29 is 0 Å².